The number of anilines is 1. The number of likely N-dealkylation sites (tertiary alicyclic amines) is 1. The van der Waals surface area contributed by atoms with Crippen molar-refractivity contribution in [1.29, 1.82) is 5.26 Å². The number of amides is 2. The molecule has 0 unspecified atom stereocenters. The first-order valence-corrected chi connectivity index (χ1v) is 9.68. The number of nitrogens with zero attached hydrogens (tertiary/aromatic N) is 2. The van der Waals surface area contributed by atoms with E-state index in [1.165, 1.54) is 14.2 Å². The van der Waals surface area contributed by atoms with Crippen molar-refractivity contribution < 1.29 is 19.1 Å². The van der Waals surface area contributed by atoms with Crippen LogP contribution in [0.4, 0.5) is 5.00 Å². The van der Waals surface area contributed by atoms with Crippen LogP contribution in [0.15, 0.2) is 18.2 Å². The van der Waals surface area contributed by atoms with E-state index in [2.05, 4.69) is 11.4 Å². The second-order valence-electron chi connectivity index (χ2n) is 6.40. The number of benzene rings is 1. The van der Waals surface area contributed by atoms with E-state index in [0.29, 0.717) is 38.1 Å². The minimum absolute atomic E-state index is 0.0804. The summed E-state index contributed by atoms with van der Waals surface area (Å²) in [5, 5.41) is 12.7. The molecule has 146 valence electrons. The SMILES string of the molecule is COc1ccc(C(=O)Nc2sc(C(=O)N3CCCC3)c(C)c2C#N)cc1OC. The highest BCUT2D eigenvalue weighted by Crippen LogP contribution is 2.35. The molecule has 3 rings (SSSR count). The molecule has 0 bridgehead atoms. The zero-order valence-corrected chi connectivity index (χ0v) is 16.8. The highest BCUT2D eigenvalue weighted by atomic mass is 32.1. The van der Waals surface area contributed by atoms with Gasteiger partial charge in [0.05, 0.1) is 24.7 Å². The van der Waals surface area contributed by atoms with Gasteiger partial charge in [-0.05, 0) is 43.5 Å². The molecule has 0 atom stereocenters. The molecular formula is C20H21N3O4S. The zero-order valence-electron chi connectivity index (χ0n) is 16.0. The van der Waals surface area contributed by atoms with Crippen LogP contribution in [-0.4, -0.2) is 44.0 Å². The van der Waals surface area contributed by atoms with Crippen LogP contribution in [0.1, 0.15) is 44.0 Å². The lowest BCUT2D eigenvalue weighted by Gasteiger charge is -2.14. The largest absolute Gasteiger partial charge is 0.493 e. The summed E-state index contributed by atoms with van der Waals surface area (Å²) in [6.07, 6.45) is 1.98. The maximum atomic E-state index is 12.7. The first-order valence-electron chi connectivity index (χ1n) is 8.86. The Morgan fingerprint density at radius 3 is 2.46 bits per heavy atom. The Labute approximate surface area is 167 Å². The van der Waals surface area contributed by atoms with Gasteiger partial charge in [-0.3, -0.25) is 9.59 Å². The van der Waals surface area contributed by atoms with E-state index >= 15 is 0 Å². The molecule has 8 heteroatoms. The van der Waals surface area contributed by atoms with Crippen molar-refractivity contribution in [1.82, 2.24) is 4.90 Å². The first-order chi connectivity index (χ1) is 13.5. The summed E-state index contributed by atoms with van der Waals surface area (Å²) < 4.78 is 10.4. The molecule has 1 aliphatic rings. The van der Waals surface area contributed by atoms with Gasteiger partial charge < -0.3 is 19.7 Å². The maximum Gasteiger partial charge on any atom is 0.264 e. The van der Waals surface area contributed by atoms with E-state index in [0.717, 1.165) is 37.3 Å². The van der Waals surface area contributed by atoms with Crippen molar-refractivity contribution >= 4 is 28.2 Å². The predicted molar refractivity (Wildman–Crippen MR) is 106 cm³/mol. The maximum absolute atomic E-state index is 12.7. The molecule has 1 aromatic carbocycles. The molecule has 0 saturated carbocycles. The summed E-state index contributed by atoms with van der Waals surface area (Å²) in [6, 6.07) is 6.92. The monoisotopic (exact) mass is 399 g/mol. The number of methoxy groups -OCH3 is 2. The van der Waals surface area contributed by atoms with Crippen molar-refractivity contribution in [2.75, 3.05) is 32.6 Å². The third-order valence-corrected chi connectivity index (χ3v) is 5.91. The molecule has 2 aromatic rings. The van der Waals surface area contributed by atoms with Gasteiger partial charge >= 0.3 is 0 Å². The lowest BCUT2D eigenvalue weighted by molar-refractivity contribution is 0.0796. The van der Waals surface area contributed by atoms with Crippen LogP contribution in [0.25, 0.3) is 0 Å². The standard InChI is InChI=1S/C20H21N3O4S/c1-12-14(11-21)19(28-17(12)20(25)23-8-4-5-9-23)22-18(24)13-6-7-15(26-2)16(10-13)27-3/h6-7,10H,4-5,8-9H2,1-3H3,(H,22,24). The van der Waals surface area contributed by atoms with Crippen molar-refractivity contribution in [2.45, 2.75) is 19.8 Å². The summed E-state index contributed by atoms with van der Waals surface area (Å²) in [5.74, 6) is 0.479. The van der Waals surface area contributed by atoms with Gasteiger partial charge in [0.1, 0.15) is 11.1 Å². The molecule has 28 heavy (non-hydrogen) atoms. The van der Waals surface area contributed by atoms with E-state index in [-0.39, 0.29) is 11.8 Å². The van der Waals surface area contributed by atoms with Crippen LogP contribution in [0.3, 0.4) is 0 Å². The number of nitriles is 1. The molecular weight excluding hydrogens is 378 g/mol. The molecule has 1 saturated heterocycles. The molecule has 1 aliphatic heterocycles. The molecule has 1 fully saturated rings. The first kappa shape index (κ1) is 19.7. The van der Waals surface area contributed by atoms with Crippen molar-refractivity contribution in [3.8, 4) is 17.6 Å². The van der Waals surface area contributed by atoms with Crippen molar-refractivity contribution in [2.24, 2.45) is 0 Å². The summed E-state index contributed by atoms with van der Waals surface area (Å²) in [6.45, 7) is 3.20. The Bertz CT molecular complexity index is 955. The van der Waals surface area contributed by atoms with E-state index in [4.69, 9.17) is 9.47 Å². The van der Waals surface area contributed by atoms with Gasteiger partial charge in [0.2, 0.25) is 0 Å². The van der Waals surface area contributed by atoms with Gasteiger partial charge in [0, 0.05) is 18.7 Å². The molecule has 2 heterocycles. The third-order valence-electron chi connectivity index (χ3n) is 4.72. The number of hydrogen-bond acceptors (Lipinski definition) is 6. The van der Waals surface area contributed by atoms with Crippen molar-refractivity contribution in [3.63, 3.8) is 0 Å². The van der Waals surface area contributed by atoms with E-state index < -0.39 is 0 Å². The van der Waals surface area contributed by atoms with E-state index in [1.54, 1.807) is 30.0 Å². The normalized spacial score (nSPS) is 13.1. The van der Waals surface area contributed by atoms with Crippen LogP contribution >= 0.6 is 11.3 Å². The van der Waals surface area contributed by atoms with Crippen LogP contribution in [0.2, 0.25) is 0 Å². The zero-order chi connectivity index (χ0) is 20.3. The second-order valence-corrected chi connectivity index (χ2v) is 7.42. The highest BCUT2D eigenvalue weighted by molar-refractivity contribution is 7.18. The Hall–Kier alpha value is -3.05. The van der Waals surface area contributed by atoms with E-state index in [1.807, 2.05) is 0 Å². The summed E-state index contributed by atoms with van der Waals surface area (Å²) in [4.78, 5) is 27.7. The number of carbonyl (C=O) groups excluding carboxylic acids is 2. The van der Waals surface area contributed by atoms with Crippen LogP contribution in [0.5, 0.6) is 11.5 Å². The van der Waals surface area contributed by atoms with Crippen LogP contribution in [-0.2, 0) is 0 Å². The lowest BCUT2D eigenvalue weighted by Crippen LogP contribution is -2.27. The number of thiophene rings is 1. The van der Waals surface area contributed by atoms with Gasteiger partial charge in [0.25, 0.3) is 11.8 Å². The number of nitrogens with one attached hydrogen (secondary N) is 1. The number of hydrogen-bond donors (Lipinski definition) is 1. The van der Waals surface area contributed by atoms with Gasteiger partial charge in [-0.1, -0.05) is 0 Å². The number of carbonyl (C=O) groups is 2. The molecule has 0 spiro atoms. The van der Waals surface area contributed by atoms with E-state index in [9.17, 15) is 14.9 Å². The van der Waals surface area contributed by atoms with Gasteiger partial charge in [-0.2, -0.15) is 5.26 Å². The van der Waals surface area contributed by atoms with Gasteiger partial charge in [0.15, 0.2) is 11.5 Å². The summed E-state index contributed by atoms with van der Waals surface area (Å²) >= 11 is 1.14. The fraction of sp³-hybridized carbons (Fsp3) is 0.350. The smallest absolute Gasteiger partial charge is 0.264 e. The fourth-order valence-corrected chi connectivity index (χ4v) is 4.28. The van der Waals surface area contributed by atoms with Gasteiger partial charge in [-0.25, -0.2) is 0 Å². The molecule has 0 radical (unpaired) electrons. The highest BCUT2D eigenvalue weighted by Gasteiger charge is 2.26. The molecule has 2 amide bonds. The van der Waals surface area contributed by atoms with Crippen molar-refractivity contribution in [3.05, 3.63) is 39.8 Å². The Morgan fingerprint density at radius 2 is 1.86 bits per heavy atom. The quantitative estimate of drug-likeness (QED) is 0.832. The Balaban J connectivity index is 1.88. The molecule has 1 aromatic heterocycles. The average Bonchev–Trinajstić information content (AvgIpc) is 3.35. The molecule has 1 N–H and O–H groups in total. The predicted octanol–water partition coefficient (Wildman–Crippen LogP) is 3.43. The Morgan fingerprint density at radius 1 is 1.18 bits per heavy atom. The minimum atomic E-state index is -0.390. The van der Waals surface area contributed by atoms with Crippen LogP contribution in [0, 0.1) is 18.3 Å². The number of rotatable bonds is 5. The second kappa shape index (κ2) is 8.31. The third kappa shape index (κ3) is 3.66. The van der Waals surface area contributed by atoms with Gasteiger partial charge in [-0.15, -0.1) is 11.3 Å². The fourth-order valence-electron chi connectivity index (χ4n) is 3.16. The van der Waals surface area contributed by atoms with Crippen LogP contribution < -0.4 is 14.8 Å². The molecule has 0 aliphatic carbocycles. The lowest BCUT2D eigenvalue weighted by atomic mass is 10.1. The topological polar surface area (TPSA) is 91.7 Å². The number of ether oxygens (including phenoxy) is 2. The molecule has 7 nitrogen and oxygen atoms in total. The average molecular weight is 399 g/mol. The minimum Gasteiger partial charge on any atom is -0.493 e. The Kier molecular flexibility index (Phi) is 5.85. The summed E-state index contributed by atoms with van der Waals surface area (Å²) in [5.41, 5.74) is 1.29. The summed E-state index contributed by atoms with van der Waals surface area (Å²) in [7, 11) is 3.01.